The van der Waals surface area contributed by atoms with Gasteiger partial charge >= 0.3 is 0 Å². The minimum Gasteiger partial charge on any atom is -0.508 e. The summed E-state index contributed by atoms with van der Waals surface area (Å²) in [7, 11) is 1.97. The molecule has 1 aromatic carbocycles. The highest BCUT2D eigenvalue weighted by Gasteiger charge is 2.17. The molecule has 2 rings (SSSR count). The lowest BCUT2D eigenvalue weighted by Crippen LogP contribution is -2.34. The third kappa shape index (κ3) is 4.33. The van der Waals surface area contributed by atoms with Gasteiger partial charge in [-0.1, -0.05) is 0 Å². The number of carbonyl (C=O) groups is 1. The van der Waals surface area contributed by atoms with Crippen molar-refractivity contribution in [1.29, 1.82) is 0 Å². The quantitative estimate of drug-likeness (QED) is 0.825. The highest BCUT2D eigenvalue weighted by Crippen LogP contribution is 2.15. The van der Waals surface area contributed by atoms with E-state index in [1.54, 1.807) is 24.3 Å². The Hall–Kier alpha value is -1.39. The normalized spacial score (nSPS) is 19.6. The molecule has 1 aliphatic heterocycles. The lowest BCUT2D eigenvalue weighted by molar-refractivity contribution is 0.0416. The smallest absolute Gasteiger partial charge is 0.176 e. The molecule has 0 radical (unpaired) electrons. The van der Waals surface area contributed by atoms with Gasteiger partial charge in [0.25, 0.3) is 0 Å². The van der Waals surface area contributed by atoms with E-state index in [1.165, 1.54) is 6.42 Å². The molecule has 0 spiro atoms. The lowest BCUT2D eigenvalue weighted by atomic mass is 10.0. The van der Waals surface area contributed by atoms with Crippen molar-refractivity contribution in [3.8, 4) is 5.75 Å². The Labute approximate surface area is 114 Å². The summed E-state index contributed by atoms with van der Waals surface area (Å²) in [4.78, 5) is 14.1. The Morgan fingerprint density at radius 1 is 1.42 bits per heavy atom. The molecule has 1 heterocycles. The predicted octanol–water partition coefficient (Wildman–Crippen LogP) is 1.93. The minimum atomic E-state index is 0.0826. The van der Waals surface area contributed by atoms with E-state index in [9.17, 15) is 9.90 Å². The average Bonchev–Trinajstić information content (AvgIpc) is 2.40. The van der Waals surface area contributed by atoms with E-state index < -0.39 is 0 Å². The molecular weight excluding hydrogens is 242 g/mol. The number of benzene rings is 1. The van der Waals surface area contributed by atoms with Crippen molar-refractivity contribution in [3.63, 3.8) is 0 Å². The SMILES string of the molecule is CN(CC(=O)c1ccc(O)cc1)CC1CCCOC1. The van der Waals surface area contributed by atoms with Gasteiger partial charge in [-0.05, 0) is 50.1 Å². The van der Waals surface area contributed by atoms with Crippen molar-refractivity contribution < 1.29 is 14.6 Å². The van der Waals surface area contributed by atoms with Crippen LogP contribution in [0, 0.1) is 5.92 Å². The lowest BCUT2D eigenvalue weighted by Gasteiger charge is -2.26. The molecule has 1 atom stereocenters. The summed E-state index contributed by atoms with van der Waals surface area (Å²) in [6.45, 7) is 2.97. The summed E-state index contributed by atoms with van der Waals surface area (Å²) in [6.07, 6.45) is 2.29. The van der Waals surface area contributed by atoms with E-state index in [0.29, 0.717) is 18.0 Å². The van der Waals surface area contributed by atoms with Crippen molar-refractivity contribution in [2.45, 2.75) is 12.8 Å². The molecule has 104 valence electrons. The van der Waals surface area contributed by atoms with E-state index in [0.717, 1.165) is 26.2 Å². The van der Waals surface area contributed by atoms with Gasteiger partial charge < -0.3 is 9.84 Å². The molecule has 1 aromatic rings. The van der Waals surface area contributed by atoms with E-state index in [4.69, 9.17) is 4.74 Å². The van der Waals surface area contributed by atoms with Gasteiger partial charge in [0.05, 0.1) is 13.2 Å². The highest BCUT2D eigenvalue weighted by atomic mass is 16.5. The van der Waals surface area contributed by atoms with E-state index in [-0.39, 0.29) is 11.5 Å². The first kappa shape index (κ1) is 14.0. The van der Waals surface area contributed by atoms with E-state index >= 15 is 0 Å². The number of likely N-dealkylation sites (N-methyl/N-ethyl adjacent to an activating group) is 1. The molecule has 1 unspecified atom stereocenters. The number of ketones is 1. The molecule has 0 amide bonds. The summed E-state index contributed by atoms with van der Waals surface area (Å²) in [5.74, 6) is 0.801. The Kier molecular flexibility index (Phi) is 4.93. The van der Waals surface area contributed by atoms with Crippen molar-refractivity contribution in [2.75, 3.05) is 33.4 Å². The number of phenolic OH excluding ortho intramolecular Hbond substituents is 1. The average molecular weight is 263 g/mol. The van der Waals surface area contributed by atoms with Gasteiger partial charge in [0.2, 0.25) is 0 Å². The first-order chi connectivity index (χ1) is 9.15. The van der Waals surface area contributed by atoms with E-state index in [1.807, 2.05) is 7.05 Å². The first-order valence-corrected chi connectivity index (χ1v) is 6.73. The van der Waals surface area contributed by atoms with Crippen LogP contribution in [-0.4, -0.2) is 49.1 Å². The van der Waals surface area contributed by atoms with Crippen molar-refractivity contribution >= 4 is 5.78 Å². The number of carbonyl (C=O) groups excluding carboxylic acids is 1. The number of phenols is 1. The maximum Gasteiger partial charge on any atom is 0.176 e. The molecule has 19 heavy (non-hydrogen) atoms. The Morgan fingerprint density at radius 3 is 2.79 bits per heavy atom. The summed E-state index contributed by atoms with van der Waals surface area (Å²) < 4.78 is 5.45. The second-order valence-corrected chi connectivity index (χ2v) is 5.25. The molecule has 1 saturated heterocycles. The van der Waals surface area contributed by atoms with Crippen LogP contribution in [0.4, 0.5) is 0 Å². The standard InChI is InChI=1S/C15H21NO3/c1-16(9-12-3-2-8-19-11-12)10-15(18)13-4-6-14(17)7-5-13/h4-7,12,17H,2-3,8-11H2,1H3. The molecule has 0 aliphatic carbocycles. The largest absolute Gasteiger partial charge is 0.508 e. The topological polar surface area (TPSA) is 49.8 Å². The highest BCUT2D eigenvalue weighted by molar-refractivity contribution is 5.97. The van der Waals surface area contributed by atoms with E-state index in [2.05, 4.69) is 4.90 Å². The number of rotatable bonds is 5. The fourth-order valence-electron chi connectivity index (χ4n) is 2.44. The second kappa shape index (κ2) is 6.68. The maximum atomic E-state index is 12.1. The molecule has 1 N–H and O–H groups in total. The van der Waals surface area contributed by atoms with Gasteiger partial charge in [-0.3, -0.25) is 9.69 Å². The number of Topliss-reactive ketones (excluding diaryl/α,β-unsaturated/α-hetero) is 1. The number of aromatic hydroxyl groups is 1. The van der Waals surface area contributed by atoms with Gasteiger partial charge in [-0.25, -0.2) is 0 Å². The van der Waals surface area contributed by atoms with Crippen molar-refractivity contribution in [2.24, 2.45) is 5.92 Å². The molecule has 4 heteroatoms. The zero-order valence-electron chi connectivity index (χ0n) is 11.3. The monoisotopic (exact) mass is 263 g/mol. The zero-order valence-corrected chi connectivity index (χ0v) is 11.3. The first-order valence-electron chi connectivity index (χ1n) is 6.73. The van der Waals surface area contributed by atoms with Crippen LogP contribution in [0.15, 0.2) is 24.3 Å². The van der Waals surface area contributed by atoms with Crippen LogP contribution < -0.4 is 0 Å². The number of nitrogens with zero attached hydrogens (tertiary/aromatic N) is 1. The number of hydrogen-bond donors (Lipinski definition) is 1. The predicted molar refractivity (Wildman–Crippen MR) is 73.5 cm³/mol. The summed E-state index contributed by atoms with van der Waals surface area (Å²) in [5.41, 5.74) is 0.643. The van der Waals surface area contributed by atoms with Gasteiger partial charge in [0, 0.05) is 18.7 Å². The van der Waals surface area contributed by atoms with Gasteiger partial charge in [-0.15, -0.1) is 0 Å². The molecule has 1 aliphatic rings. The fraction of sp³-hybridized carbons (Fsp3) is 0.533. The maximum absolute atomic E-state index is 12.1. The van der Waals surface area contributed by atoms with Crippen LogP contribution in [0.5, 0.6) is 5.75 Å². The molecule has 0 bridgehead atoms. The van der Waals surface area contributed by atoms with Crippen LogP contribution in [-0.2, 0) is 4.74 Å². The second-order valence-electron chi connectivity index (χ2n) is 5.25. The summed E-state index contributed by atoms with van der Waals surface area (Å²) in [5, 5.41) is 9.20. The van der Waals surface area contributed by atoms with Crippen LogP contribution >= 0.6 is 0 Å². The van der Waals surface area contributed by atoms with Gasteiger partial charge in [-0.2, -0.15) is 0 Å². The van der Waals surface area contributed by atoms with Crippen LogP contribution in [0.3, 0.4) is 0 Å². The van der Waals surface area contributed by atoms with Crippen LogP contribution in [0.2, 0.25) is 0 Å². The fourth-order valence-corrected chi connectivity index (χ4v) is 2.44. The molecule has 1 fully saturated rings. The number of ether oxygens (including phenoxy) is 1. The van der Waals surface area contributed by atoms with Gasteiger partial charge in [0.1, 0.15) is 5.75 Å². The molecule has 0 aromatic heterocycles. The summed E-state index contributed by atoms with van der Waals surface area (Å²) in [6, 6.07) is 6.41. The third-order valence-electron chi connectivity index (χ3n) is 3.43. The van der Waals surface area contributed by atoms with Gasteiger partial charge in [0.15, 0.2) is 5.78 Å². The Bertz CT molecular complexity index is 410. The minimum absolute atomic E-state index is 0.0826. The molecule has 4 nitrogen and oxygen atoms in total. The number of hydrogen-bond acceptors (Lipinski definition) is 4. The van der Waals surface area contributed by atoms with Crippen molar-refractivity contribution in [1.82, 2.24) is 4.90 Å². The zero-order chi connectivity index (χ0) is 13.7. The molecule has 0 saturated carbocycles. The van der Waals surface area contributed by atoms with Crippen LogP contribution in [0.1, 0.15) is 23.2 Å². The Morgan fingerprint density at radius 2 is 2.16 bits per heavy atom. The molecular formula is C15H21NO3. The van der Waals surface area contributed by atoms with Crippen molar-refractivity contribution in [3.05, 3.63) is 29.8 Å². The third-order valence-corrected chi connectivity index (χ3v) is 3.43. The summed E-state index contributed by atoms with van der Waals surface area (Å²) >= 11 is 0. The Balaban J connectivity index is 1.82. The van der Waals surface area contributed by atoms with Crippen LogP contribution in [0.25, 0.3) is 0 Å².